The number of pyridine rings is 1. The maximum absolute atomic E-state index is 11.5. The molecule has 0 aromatic carbocycles. The van der Waals surface area contributed by atoms with E-state index in [2.05, 4.69) is 11.9 Å². The number of carbonyl (C=O) groups excluding carboxylic acids is 1. The van der Waals surface area contributed by atoms with E-state index in [1.807, 2.05) is 0 Å². The van der Waals surface area contributed by atoms with Crippen LogP contribution >= 0.6 is 0 Å². The number of nitrogens with two attached hydrogens (primary N) is 1. The van der Waals surface area contributed by atoms with Gasteiger partial charge in [-0.2, -0.15) is 0 Å². The molecule has 1 rings (SSSR count). The monoisotopic (exact) mass is 178 g/mol. The number of unbranched alkanes of at least 4 members (excludes halogenated alkanes) is 1. The number of nitrogen functional groups attached to an aromatic ring is 1. The maximum atomic E-state index is 11.5. The van der Waals surface area contributed by atoms with Gasteiger partial charge in [0, 0.05) is 12.6 Å². The van der Waals surface area contributed by atoms with Crippen molar-refractivity contribution in [2.75, 3.05) is 5.73 Å². The molecule has 0 radical (unpaired) electrons. The van der Waals surface area contributed by atoms with Crippen LogP contribution in [0, 0.1) is 0 Å². The van der Waals surface area contributed by atoms with Crippen LogP contribution in [0.5, 0.6) is 0 Å². The summed E-state index contributed by atoms with van der Waals surface area (Å²) in [6.07, 6.45) is 4.08. The second kappa shape index (κ2) is 4.60. The Morgan fingerprint density at radius 1 is 1.62 bits per heavy atom. The zero-order valence-electron chi connectivity index (χ0n) is 7.79. The largest absolute Gasteiger partial charge is 0.383 e. The summed E-state index contributed by atoms with van der Waals surface area (Å²) in [6.45, 7) is 2.06. The van der Waals surface area contributed by atoms with Gasteiger partial charge >= 0.3 is 0 Å². The van der Waals surface area contributed by atoms with E-state index in [0.717, 1.165) is 12.8 Å². The van der Waals surface area contributed by atoms with Gasteiger partial charge in [-0.3, -0.25) is 4.79 Å². The number of rotatable bonds is 4. The van der Waals surface area contributed by atoms with Gasteiger partial charge in [0.2, 0.25) is 0 Å². The van der Waals surface area contributed by atoms with Crippen molar-refractivity contribution in [1.29, 1.82) is 0 Å². The first-order valence-corrected chi connectivity index (χ1v) is 4.49. The first-order chi connectivity index (χ1) is 6.25. The standard InChI is InChI=1S/C10H14N2O/c1-2-3-6-9(13)8-5-4-7-12-10(8)11/h4-5,7H,2-3,6H2,1H3,(H2,11,12). The molecule has 0 spiro atoms. The third-order valence-electron chi connectivity index (χ3n) is 1.90. The number of hydrogen-bond acceptors (Lipinski definition) is 3. The van der Waals surface area contributed by atoms with Crippen molar-refractivity contribution in [1.82, 2.24) is 4.98 Å². The summed E-state index contributed by atoms with van der Waals surface area (Å²) in [5, 5.41) is 0. The quantitative estimate of drug-likeness (QED) is 0.718. The molecule has 2 N–H and O–H groups in total. The SMILES string of the molecule is CCCCC(=O)c1cccnc1N. The molecule has 3 heteroatoms. The number of hydrogen-bond donors (Lipinski definition) is 1. The summed E-state index contributed by atoms with van der Waals surface area (Å²) in [6, 6.07) is 3.45. The first-order valence-electron chi connectivity index (χ1n) is 4.49. The number of Topliss-reactive ketones (excluding diaryl/α,β-unsaturated/α-hetero) is 1. The lowest BCUT2D eigenvalue weighted by atomic mass is 10.1. The molecular formula is C10H14N2O. The Morgan fingerprint density at radius 2 is 2.38 bits per heavy atom. The highest BCUT2D eigenvalue weighted by Crippen LogP contribution is 2.11. The first kappa shape index (κ1) is 9.71. The fraction of sp³-hybridized carbons (Fsp3) is 0.400. The Morgan fingerprint density at radius 3 is 3.00 bits per heavy atom. The summed E-state index contributed by atoms with van der Waals surface area (Å²) in [5.74, 6) is 0.427. The minimum Gasteiger partial charge on any atom is -0.383 e. The van der Waals surface area contributed by atoms with E-state index in [1.54, 1.807) is 18.3 Å². The van der Waals surface area contributed by atoms with Gasteiger partial charge in [0.15, 0.2) is 5.78 Å². The highest BCUT2D eigenvalue weighted by molar-refractivity contribution is 5.99. The maximum Gasteiger partial charge on any atom is 0.166 e. The van der Waals surface area contributed by atoms with Crippen molar-refractivity contribution in [3.63, 3.8) is 0 Å². The molecule has 3 nitrogen and oxygen atoms in total. The number of ketones is 1. The van der Waals surface area contributed by atoms with Crippen LogP contribution in [0.25, 0.3) is 0 Å². The summed E-state index contributed by atoms with van der Waals surface area (Å²) >= 11 is 0. The smallest absolute Gasteiger partial charge is 0.166 e. The highest BCUT2D eigenvalue weighted by atomic mass is 16.1. The normalized spacial score (nSPS) is 9.92. The molecule has 1 aromatic rings. The Hall–Kier alpha value is -1.38. The lowest BCUT2D eigenvalue weighted by Gasteiger charge is -2.01. The van der Waals surface area contributed by atoms with E-state index in [1.165, 1.54) is 0 Å². The number of nitrogens with zero attached hydrogens (tertiary/aromatic N) is 1. The van der Waals surface area contributed by atoms with E-state index in [0.29, 0.717) is 17.8 Å². The third kappa shape index (κ3) is 2.54. The van der Waals surface area contributed by atoms with Crippen LogP contribution in [0.2, 0.25) is 0 Å². The van der Waals surface area contributed by atoms with E-state index < -0.39 is 0 Å². The lowest BCUT2D eigenvalue weighted by Crippen LogP contribution is -2.04. The lowest BCUT2D eigenvalue weighted by molar-refractivity contribution is 0.0980. The minimum atomic E-state index is 0.0902. The Labute approximate surface area is 78.0 Å². The number of aromatic nitrogens is 1. The molecule has 0 saturated heterocycles. The van der Waals surface area contributed by atoms with Gasteiger partial charge in [0.1, 0.15) is 5.82 Å². The van der Waals surface area contributed by atoms with Crippen molar-refractivity contribution < 1.29 is 4.79 Å². The number of carbonyl (C=O) groups is 1. The van der Waals surface area contributed by atoms with Crippen LogP contribution < -0.4 is 5.73 Å². The predicted molar refractivity (Wildman–Crippen MR) is 52.5 cm³/mol. The van der Waals surface area contributed by atoms with E-state index in [9.17, 15) is 4.79 Å². The molecule has 0 aliphatic rings. The molecule has 0 aliphatic heterocycles. The topological polar surface area (TPSA) is 56.0 Å². The summed E-state index contributed by atoms with van der Waals surface area (Å²) < 4.78 is 0. The van der Waals surface area contributed by atoms with Crippen LogP contribution in [0.1, 0.15) is 36.5 Å². The molecule has 13 heavy (non-hydrogen) atoms. The molecule has 0 fully saturated rings. The molecule has 0 saturated carbocycles. The molecule has 0 amide bonds. The van der Waals surface area contributed by atoms with Crippen LogP contribution in [0.3, 0.4) is 0 Å². The third-order valence-corrected chi connectivity index (χ3v) is 1.90. The second-order valence-corrected chi connectivity index (χ2v) is 2.96. The van der Waals surface area contributed by atoms with Crippen LogP contribution in [-0.4, -0.2) is 10.8 Å². The van der Waals surface area contributed by atoms with Gasteiger partial charge in [-0.15, -0.1) is 0 Å². The van der Waals surface area contributed by atoms with Gasteiger partial charge in [0.05, 0.1) is 5.56 Å². The van der Waals surface area contributed by atoms with Gasteiger partial charge in [-0.1, -0.05) is 13.3 Å². The predicted octanol–water partition coefficient (Wildman–Crippen LogP) is 2.04. The molecule has 1 aromatic heterocycles. The minimum absolute atomic E-state index is 0.0902. The molecule has 0 bridgehead atoms. The number of anilines is 1. The van der Waals surface area contributed by atoms with Gasteiger partial charge in [-0.25, -0.2) is 4.98 Å². The fourth-order valence-corrected chi connectivity index (χ4v) is 1.13. The molecule has 0 atom stereocenters. The zero-order valence-corrected chi connectivity index (χ0v) is 7.79. The van der Waals surface area contributed by atoms with E-state index >= 15 is 0 Å². The molecular weight excluding hydrogens is 164 g/mol. The van der Waals surface area contributed by atoms with Crippen molar-refractivity contribution in [3.05, 3.63) is 23.9 Å². The summed E-state index contributed by atoms with van der Waals surface area (Å²) in [4.78, 5) is 15.4. The molecule has 1 heterocycles. The van der Waals surface area contributed by atoms with E-state index in [4.69, 9.17) is 5.73 Å². The van der Waals surface area contributed by atoms with Crippen molar-refractivity contribution in [3.8, 4) is 0 Å². The molecule has 0 aliphatic carbocycles. The van der Waals surface area contributed by atoms with Gasteiger partial charge in [-0.05, 0) is 18.6 Å². The average Bonchev–Trinajstić information content (AvgIpc) is 2.15. The Balaban J connectivity index is 2.71. The Kier molecular flexibility index (Phi) is 3.43. The molecule has 0 unspecified atom stereocenters. The van der Waals surface area contributed by atoms with Crippen LogP contribution in [0.4, 0.5) is 5.82 Å². The van der Waals surface area contributed by atoms with Crippen molar-refractivity contribution >= 4 is 11.6 Å². The Bertz CT molecular complexity index is 297. The highest BCUT2D eigenvalue weighted by Gasteiger charge is 2.08. The summed E-state index contributed by atoms with van der Waals surface area (Å²) in [7, 11) is 0. The summed E-state index contributed by atoms with van der Waals surface area (Å²) in [5.41, 5.74) is 6.11. The van der Waals surface area contributed by atoms with Crippen LogP contribution in [0.15, 0.2) is 18.3 Å². The van der Waals surface area contributed by atoms with Gasteiger partial charge < -0.3 is 5.73 Å². The second-order valence-electron chi connectivity index (χ2n) is 2.96. The van der Waals surface area contributed by atoms with Crippen molar-refractivity contribution in [2.24, 2.45) is 0 Å². The van der Waals surface area contributed by atoms with Gasteiger partial charge in [0.25, 0.3) is 0 Å². The fourth-order valence-electron chi connectivity index (χ4n) is 1.13. The zero-order chi connectivity index (χ0) is 9.68. The van der Waals surface area contributed by atoms with Crippen molar-refractivity contribution in [2.45, 2.75) is 26.2 Å². The average molecular weight is 178 g/mol. The van der Waals surface area contributed by atoms with Crippen LogP contribution in [-0.2, 0) is 0 Å². The molecule has 70 valence electrons. The van der Waals surface area contributed by atoms with E-state index in [-0.39, 0.29) is 5.78 Å².